The van der Waals surface area contributed by atoms with Crippen LogP contribution in [0, 0.1) is 12.3 Å². The zero-order valence-electron chi connectivity index (χ0n) is 10.6. The fourth-order valence-electron chi connectivity index (χ4n) is 2.16. The molecule has 0 aliphatic carbocycles. The third kappa shape index (κ3) is 2.25. The Labute approximate surface area is 116 Å². The summed E-state index contributed by atoms with van der Waals surface area (Å²) in [4.78, 5) is 0.544. The van der Waals surface area contributed by atoms with E-state index in [4.69, 9.17) is 5.41 Å². The van der Waals surface area contributed by atoms with Gasteiger partial charge in [0.1, 0.15) is 0 Å². The Balaban J connectivity index is 2.22. The van der Waals surface area contributed by atoms with Crippen molar-refractivity contribution in [2.45, 2.75) is 6.92 Å². The number of benzene rings is 2. The molecule has 94 valence electrons. The minimum Gasteiger partial charge on any atom is -0.286 e. The number of nitrogens with one attached hydrogen (secondary N) is 1. The highest BCUT2D eigenvalue weighted by Gasteiger charge is 2.08. The van der Waals surface area contributed by atoms with Crippen molar-refractivity contribution < 1.29 is 0 Å². The Morgan fingerprint density at radius 2 is 1.79 bits per heavy atom. The number of nitrogens with zero attached hydrogens (tertiary/aromatic N) is 1. The molecule has 1 aromatic heterocycles. The van der Waals surface area contributed by atoms with Gasteiger partial charge < -0.3 is 0 Å². The van der Waals surface area contributed by atoms with Crippen LogP contribution in [-0.2, 0) is 0 Å². The Morgan fingerprint density at radius 3 is 2.53 bits per heavy atom. The van der Waals surface area contributed by atoms with Gasteiger partial charge in [0.15, 0.2) is 4.80 Å². The van der Waals surface area contributed by atoms with Crippen molar-refractivity contribution in [2.75, 3.05) is 0 Å². The summed E-state index contributed by atoms with van der Waals surface area (Å²) in [5.41, 5.74) is 4.49. The fraction of sp³-hybridized carbons (Fsp3) is 0.0625. The lowest BCUT2D eigenvalue weighted by molar-refractivity contribution is 0.987. The second-order valence-corrected chi connectivity index (χ2v) is 5.32. The van der Waals surface area contributed by atoms with Crippen LogP contribution in [0.4, 0.5) is 0 Å². The molecule has 2 aromatic carbocycles. The number of aromatic nitrogens is 1. The molecule has 3 aromatic rings. The van der Waals surface area contributed by atoms with Crippen molar-refractivity contribution in [1.29, 1.82) is 5.41 Å². The highest BCUT2D eigenvalue weighted by molar-refractivity contribution is 7.07. The molecule has 1 heterocycles. The summed E-state index contributed by atoms with van der Waals surface area (Å²) in [5.74, 6) is 0. The van der Waals surface area contributed by atoms with Gasteiger partial charge in [-0.3, -0.25) is 9.98 Å². The van der Waals surface area contributed by atoms with Crippen molar-refractivity contribution in [2.24, 2.45) is 0 Å². The number of para-hydroxylation sites is 1. The molecule has 3 rings (SSSR count). The SMILES string of the molecule is Cc1cccc(-c2csc(=N)n2-c2ccccc2)c1. The van der Waals surface area contributed by atoms with E-state index in [1.165, 1.54) is 16.9 Å². The van der Waals surface area contributed by atoms with Crippen molar-refractivity contribution in [1.82, 2.24) is 4.57 Å². The molecule has 1 N–H and O–H groups in total. The summed E-state index contributed by atoms with van der Waals surface area (Å²) in [6, 6.07) is 18.4. The first-order chi connectivity index (χ1) is 9.25. The fourth-order valence-corrected chi connectivity index (χ4v) is 2.94. The van der Waals surface area contributed by atoms with Crippen molar-refractivity contribution in [3.8, 4) is 16.9 Å². The Morgan fingerprint density at radius 1 is 1.00 bits per heavy atom. The molecule has 0 saturated heterocycles. The molecule has 0 aliphatic heterocycles. The van der Waals surface area contributed by atoms with E-state index in [1.54, 1.807) is 0 Å². The van der Waals surface area contributed by atoms with Crippen LogP contribution < -0.4 is 4.80 Å². The van der Waals surface area contributed by atoms with Gasteiger partial charge in [0.25, 0.3) is 0 Å². The van der Waals surface area contributed by atoms with E-state index < -0.39 is 0 Å². The van der Waals surface area contributed by atoms with Crippen molar-refractivity contribution >= 4 is 11.3 Å². The molecule has 0 atom stereocenters. The molecule has 0 unspecified atom stereocenters. The average molecular weight is 266 g/mol. The van der Waals surface area contributed by atoms with E-state index in [-0.39, 0.29) is 0 Å². The van der Waals surface area contributed by atoms with E-state index in [0.29, 0.717) is 4.80 Å². The first kappa shape index (κ1) is 11.9. The molecular weight excluding hydrogens is 252 g/mol. The third-order valence-corrected chi connectivity index (χ3v) is 3.80. The molecule has 0 amide bonds. The van der Waals surface area contributed by atoms with Gasteiger partial charge in [0.2, 0.25) is 0 Å². The lowest BCUT2D eigenvalue weighted by Crippen LogP contribution is -2.11. The van der Waals surface area contributed by atoms with Gasteiger partial charge in [-0.05, 0) is 30.7 Å². The van der Waals surface area contributed by atoms with Crippen LogP contribution in [-0.4, -0.2) is 4.57 Å². The van der Waals surface area contributed by atoms with Gasteiger partial charge in [-0.2, -0.15) is 0 Å². The molecule has 3 heteroatoms. The van der Waals surface area contributed by atoms with Gasteiger partial charge in [-0.25, -0.2) is 0 Å². The molecular formula is C16H14N2S. The van der Waals surface area contributed by atoms with E-state index in [2.05, 4.69) is 31.2 Å². The topological polar surface area (TPSA) is 28.8 Å². The molecule has 19 heavy (non-hydrogen) atoms. The first-order valence-electron chi connectivity index (χ1n) is 6.13. The lowest BCUT2D eigenvalue weighted by Gasteiger charge is -2.09. The van der Waals surface area contributed by atoms with Gasteiger partial charge in [0.05, 0.1) is 5.69 Å². The van der Waals surface area contributed by atoms with Gasteiger partial charge in [0, 0.05) is 11.1 Å². The second kappa shape index (κ2) is 4.86. The van der Waals surface area contributed by atoms with E-state index >= 15 is 0 Å². The Bertz CT molecular complexity index is 754. The number of rotatable bonds is 2. The van der Waals surface area contributed by atoms with Crippen LogP contribution in [0.3, 0.4) is 0 Å². The summed E-state index contributed by atoms with van der Waals surface area (Å²) >= 11 is 1.46. The highest BCUT2D eigenvalue weighted by Crippen LogP contribution is 2.23. The van der Waals surface area contributed by atoms with Crippen LogP contribution in [0.15, 0.2) is 60.0 Å². The average Bonchev–Trinajstić information content (AvgIpc) is 2.82. The molecule has 0 fully saturated rings. The zero-order chi connectivity index (χ0) is 13.2. The summed E-state index contributed by atoms with van der Waals surface area (Å²) in [6.07, 6.45) is 0. The second-order valence-electron chi connectivity index (χ2n) is 4.47. The van der Waals surface area contributed by atoms with Gasteiger partial charge >= 0.3 is 0 Å². The lowest BCUT2D eigenvalue weighted by atomic mass is 10.1. The number of thiazole rings is 1. The molecule has 0 aliphatic rings. The summed E-state index contributed by atoms with van der Waals surface area (Å²) in [7, 11) is 0. The summed E-state index contributed by atoms with van der Waals surface area (Å²) in [6.45, 7) is 2.09. The predicted molar refractivity (Wildman–Crippen MR) is 79.7 cm³/mol. The zero-order valence-corrected chi connectivity index (χ0v) is 11.4. The number of aryl methyl sites for hydroxylation is 1. The van der Waals surface area contributed by atoms with Crippen molar-refractivity contribution in [3.05, 3.63) is 70.3 Å². The first-order valence-corrected chi connectivity index (χ1v) is 7.01. The van der Waals surface area contributed by atoms with Gasteiger partial charge in [-0.15, -0.1) is 11.3 Å². The van der Waals surface area contributed by atoms with Crippen LogP contribution in [0.2, 0.25) is 0 Å². The predicted octanol–water partition coefficient (Wildman–Crippen LogP) is 3.99. The maximum Gasteiger partial charge on any atom is 0.187 e. The quantitative estimate of drug-likeness (QED) is 0.726. The van der Waals surface area contributed by atoms with Crippen LogP contribution in [0.25, 0.3) is 16.9 Å². The Hall–Kier alpha value is -2.13. The monoisotopic (exact) mass is 266 g/mol. The highest BCUT2D eigenvalue weighted by atomic mass is 32.1. The largest absolute Gasteiger partial charge is 0.286 e. The summed E-state index contributed by atoms with van der Waals surface area (Å²) in [5, 5.41) is 10.2. The maximum atomic E-state index is 8.11. The maximum absolute atomic E-state index is 8.11. The standard InChI is InChI=1S/C16H14N2S/c1-12-6-5-7-13(10-12)15-11-19-16(17)18(15)14-8-3-2-4-9-14/h2-11,17H,1H3. The third-order valence-electron chi connectivity index (χ3n) is 3.05. The number of hydrogen-bond donors (Lipinski definition) is 1. The van der Waals surface area contributed by atoms with E-state index in [1.807, 2.05) is 40.3 Å². The molecule has 0 saturated carbocycles. The normalized spacial score (nSPS) is 10.6. The smallest absolute Gasteiger partial charge is 0.187 e. The van der Waals surface area contributed by atoms with E-state index in [9.17, 15) is 0 Å². The van der Waals surface area contributed by atoms with Crippen LogP contribution >= 0.6 is 11.3 Å². The Kier molecular flexibility index (Phi) is 3.05. The molecule has 0 bridgehead atoms. The number of hydrogen-bond acceptors (Lipinski definition) is 2. The minimum atomic E-state index is 0.544. The summed E-state index contributed by atoms with van der Waals surface area (Å²) < 4.78 is 1.99. The molecule has 0 spiro atoms. The van der Waals surface area contributed by atoms with Crippen LogP contribution in [0.5, 0.6) is 0 Å². The molecule has 0 radical (unpaired) electrons. The van der Waals surface area contributed by atoms with E-state index in [0.717, 1.165) is 16.9 Å². The van der Waals surface area contributed by atoms with Gasteiger partial charge in [-0.1, -0.05) is 42.0 Å². The van der Waals surface area contributed by atoms with Crippen molar-refractivity contribution in [3.63, 3.8) is 0 Å². The molecule has 2 nitrogen and oxygen atoms in total. The minimum absolute atomic E-state index is 0.544. The van der Waals surface area contributed by atoms with Crippen LogP contribution in [0.1, 0.15) is 5.56 Å².